The van der Waals surface area contributed by atoms with Crippen molar-refractivity contribution in [2.24, 2.45) is 5.84 Å². The van der Waals surface area contributed by atoms with Crippen LogP contribution in [0, 0.1) is 0 Å². The van der Waals surface area contributed by atoms with Gasteiger partial charge in [-0.15, -0.1) is 0 Å². The molecule has 0 aliphatic heterocycles. The number of hydrazine groups is 1. The van der Waals surface area contributed by atoms with Crippen molar-refractivity contribution >= 4 is 0 Å². The molecule has 1 aromatic carbocycles. The second kappa shape index (κ2) is 6.37. The monoisotopic (exact) mass is 264 g/mol. The second-order valence-corrected chi connectivity index (χ2v) is 5.13. The number of benzene rings is 1. The molecule has 1 aliphatic rings. The van der Waals surface area contributed by atoms with Crippen molar-refractivity contribution in [2.45, 2.75) is 44.2 Å². The molecule has 19 heavy (non-hydrogen) atoms. The van der Waals surface area contributed by atoms with E-state index in [0.29, 0.717) is 6.61 Å². The lowest BCUT2D eigenvalue weighted by atomic mass is 9.74. The van der Waals surface area contributed by atoms with Crippen LogP contribution in [-0.2, 0) is 4.74 Å². The first-order valence-electron chi connectivity index (χ1n) is 6.97. The van der Waals surface area contributed by atoms with Crippen LogP contribution in [0.3, 0.4) is 0 Å². The number of hydrogen-bond donors (Lipinski definition) is 2. The third-order valence-corrected chi connectivity index (χ3v) is 4.07. The molecule has 4 heteroatoms. The summed E-state index contributed by atoms with van der Waals surface area (Å²) in [5, 5.41) is 0. The van der Waals surface area contributed by atoms with E-state index in [-0.39, 0.29) is 11.6 Å². The number of para-hydroxylation sites is 1. The Morgan fingerprint density at radius 1 is 1.37 bits per heavy atom. The van der Waals surface area contributed by atoms with E-state index in [4.69, 9.17) is 15.3 Å². The fraction of sp³-hybridized carbons (Fsp3) is 0.600. The first-order valence-corrected chi connectivity index (χ1v) is 6.97. The topological polar surface area (TPSA) is 56.5 Å². The van der Waals surface area contributed by atoms with Gasteiger partial charge in [-0.05, 0) is 38.7 Å². The van der Waals surface area contributed by atoms with Gasteiger partial charge >= 0.3 is 0 Å². The number of methoxy groups -OCH3 is 1. The van der Waals surface area contributed by atoms with Crippen LogP contribution in [0.25, 0.3) is 0 Å². The van der Waals surface area contributed by atoms with Gasteiger partial charge in [0, 0.05) is 12.7 Å². The summed E-state index contributed by atoms with van der Waals surface area (Å²) in [5.41, 5.74) is 4.00. The van der Waals surface area contributed by atoms with Crippen LogP contribution >= 0.6 is 0 Å². The van der Waals surface area contributed by atoms with Crippen molar-refractivity contribution in [2.75, 3.05) is 13.7 Å². The third kappa shape index (κ3) is 3.08. The lowest BCUT2D eigenvalue weighted by molar-refractivity contribution is -0.0839. The number of ether oxygens (including phenoxy) is 2. The van der Waals surface area contributed by atoms with Gasteiger partial charge in [0.15, 0.2) is 0 Å². The molecular formula is C15H24N2O2. The van der Waals surface area contributed by atoms with Gasteiger partial charge in [-0.2, -0.15) is 0 Å². The highest BCUT2D eigenvalue weighted by Crippen LogP contribution is 2.42. The van der Waals surface area contributed by atoms with Crippen LogP contribution in [0.4, 0.5) is 0 Å². The number of rotatable bonds is 7. The Hall–Kier alpha value is -1.10. The largest absolute Gasteiger partial charge is 0.494 e. The van der Waals surface area contributed by atoms with Crippen molar-refractivity contribution in [3.05, 3.63) is 29.8 Å². The maximum absolute atomic E-state index is 5.75. The van der Waals surface area contributed by atoms with Gasteiger partial charge in [0.25, 0.3) is 0 Å². The van der Waals surface area contributed by atoms with Crippen LogP contribution in [0.15, 0.2) is 24.3 Å². The summed E-state index contributed by atoms with van der Waals surface area (Å²) in [4.78, 5) is 0. The molecule has 0 amide bonds. The Labute approximate surface area is 115 Å². The second-order valence-electron chi connectivity index (χ2n) is 5.13. The molecule has 1 saturated carbocycles. The molecule has 1 unspecified atom stereocenters. The van der Waals surface area contributed by atoms with Crippen LogP contribution < -0.4 is 16.0 Å². The fourth-order valence-corrected chi connectivity index (χ4v) is 2.75. The van der Waals surface area contributed by atoms with E-state index >= 15 is 0 Å². The zero-order chi connectivity index (χ0) is 13.7. The predicted molar refractivity (Wildman–Crippen MR) is 75.9 cm³/mol. The first-order chi connectivity index (χ1) is 9.24. The average Bonchev–Trinajstić information content (AvgIpc) is 2.40. The third-order valence-electron chi connectivity index (χ3n) is 4.07. The fourth-order valence-electron chi connectivity index (χ4n) is 2.75. The quantitative estimate of drug-likeness (QED) is 0.587. The lowest BCUT2D eigenvalue weighted by Gasteiger charge is -2.42. The average molecular weight is 264 g/mol. The first kappa shape index (κ1) is 14.3. The highest BCUT2D eigenvalue weighted by Gasteiger charge is 2.39. The van der Waals surface area contributed by atoms with Gasteiger partial charge in [-0.1, -0.05) is 18.2 Å². The molecule has 0 heterocycles. The molecule has 1 fully saturated rings. The minimum absolute atomic E-state index is 0.0175. The van der Waals surface area contributed by atoms with E-state index < -0.39 is 0 Å². The predicted octanol–water partition coefficient (Wildman–Crippen LogP) is 2.55. The minimum Gasteiger partial charge on any atom is -0.494 e. The Kier molecular flexibility index (Phi) is 4.80. The normalized spacial score (nSPS) is 18.7. The Morgan fingerprint density at radius 2 is 2.11 bits per heavy atom. The van der Waals surface area contributed by atoms with Gasteiger partial charge in [0.05, 0.1) is 18.2 Å². The molecule has 1 aromatic rings. The Morgan fingerprint density at radius 3 is 2.63 bits per heavy atom. The SMILES string of the molecule is CCOc1ccccc1C(CC1(OC)CCC1)NN. The summed E-state index contributed by atoms with van der Waals surface area (Å²) in [6.07, 6.45) is 4.33. The minimum atomic E-state index is -0.0175. The number of nitrogens with one attached hydrogen (secondary N) is 1. The van der Waals surface area contributed by atoms with Gasteiger partial charge in [0.2, 0.25) is 0 Å². The van der Waals surface area contributed by atoms with E-state index in [9.17, 15) is 0 Å². The molecule has 106 valence electrons. The van der Waals surface area contributed by atoms with Gasteiger partial charge in [0.1, 0.15) is 5.75 Å². The molecule has 2 rings (SSSR count). The maximum atomic E-state index is 5.75. The van der Waals surface area contributed by atoms with Crippen LogP contribution in [0.1, 0.15) is 44.2 Å². The molecule has 4 nitrogen and oxygen atoms in total. The Bertz CT molecular complexity index is 399. The van der Waals surface area contributed by atoms with E-state index in [1.807, 2.05) is 25.1 Å². The highest BCUT2D eigenvalue weighted by molar-refractivity contribution is 5.36. The maximum Gasteiger partial charge on any atom is 0.124 e. The van der Waals surface area contributed by atoms with Crippen LogP contribution in [-0.4, -0.2) is 19.3 Å². The molecule has 1 atom stereocenters. The van der Waals surface area contributed by atoms with E-state index in [2.05, 4.69) is 11.5 Å². The molecule has 3 N–H and O–H groups in total. The van der Waals surface area contributed by atoms with Crippen molar-refractivity contribution in [3.63, 3.8) is 0 Å². The molecule has 0 saturated heterocycles. The molecule has 1 aliphatic carbocycles. The van der Waals surface area contributed by atoms with E-state index in [1.165, 1.54) is 6.42 Å². The molecule has 0 spiro atoms. The summed E-state index contributed by atoms with van der Waals surface area (Å²) < 4.78 is 11.4. The van der Waals surface area contributed by atoms with E-state index in [0.717, 1.165) is 30.6 Å². The Balaban J connectivity index is 2.17. The molecule has 0 radical (unpaired) electrons. The highest BCUT2D eigenvalue weighted by atomic mass is 16.5. The van der Waals surface area contributed by atoms with Crippen LogP contribution in [0.2, 0.25) is 0 Å². The van der Waals surface area contributed by atoms with Crippen molar-refractivity contribution in [1.29, 1.82) is 0 Å². The molecular weight excluding hydrogens is 240 g/mol. The molecule has 0 bridgehead atoms. The van der Waals surface area contributed by atoms with Crippen LogP contribution in [0.5, 0.6) is 5.75 Å². The van der Waals surface area contributed by atoms with E-state index in [1.54, 1.807) is 7.11 Å². The summed E-state index contributed by atoms with van der Waals surface area (Å²) in [6, 6.07) is 8.11. The van der Waals surface area contributed by atoms with Crippen molar-refractivity contribution < 1.29 is 9.47 Å². The smallest absolute Gasteiger partial charge is 0.124 e. The lowest BCUT2D eigenvalue weighted by Crippen LogP contribution is -2.44. The zero-order valence-electron chi connectivity index (χ0n) is 11.8. The van der Waals surface area contributed by atoms with Gasteiger partial charge in [-0.25, -0.2) is 0 Å². The number of nitrogens with two attached hydrogens (primary N) is 1. The summed E-state index contributed by atoms with van der Waals surface area (Å²) in [5.74, 6) is 6.65. The molecule has 0 aromatic heterocycles. The van der Waals surface area contributed by atoms with Gasteiger partial charge < -0.3 is 9.47 Å². The summed E-state index contributed by atoms with van der Waals surface area (Å²) >= 11 is 0. The zero-order valence-corrected chi connectivity index (χ0v) is 11.8. The van der Waals surface area contributed by atoms with Gasteiger partial charge in [-0.3, -0.25) is 11.3 Å². The number of hydrogen-bond acceptors (Lipinski definition) is 4. The summed E-state index contributed by atoms with van der Waals surface area (Å²) in [7, 11) is 1.79. The summed E-state index contributed by atoms with van der Waals surface area (Å²) in [6.45, 7) is 2.65. The van der Waals surface area contributed by atoms with Crippen molar-refractivity contribution in [1.82, 2.24) is 5.43 Å². The van der Waals surface area contributed by atoms with Crippen molar-refractivity contribution in [3.8, 4) is 5.75 Å². The standard InChI is InChI=1S/C15H24N2O2/c1-3-19-14-8-5-4-7-12(14)13(17-16)11-15(18-2)9-6-10-15/h4-5,7-8,13,17H,3,6,9-11,16H2,1-2H3.